The van der Waals surface area contributed by atoms with Crippen LogP contribution in [0.25, 0.3) is 0 Å². The molecule has 2 rings (SSSR count). The lowest BCUT2D eigenvalue weighted by Crippen LogP contribution is -2.25. The molecule has 2 aromatic rings. The predicted molar refractivity (Wildman–Crippen MR) is 74.7 cm³/mol. The summed E-state index contributed by atoms with van der Waals surface area (Å²) in [6.45, 7) is 2.84. The Kier molecular flexibility index (Phi) is 4.56. The summed E-state index contributed by atoms with van der Waals surface area (Å²) in [5.41, 5.74) is 1.69. The molecule has 0 bridgehead atoms. The summed E-state index contributed by atoms with van der Waals surface area (Å²) in [6.07, 6.45) is 2.31. The summed E-state index contributed by atoms with van der Waals surface area (Å²) in [5.74, 6) is -0.266. The number of nitrogens with zero attached hydrogens (tertiary/aromatic N) is 2. The highest BCUT2D eigenvalue weighted by Gasteiger charge is 2.16. The summed E-state index contributed by atoms with van der Waals surface area (Å²) >= 11 is 5.77. The Morgan fingerprint density at radius 1 is 1.42 bits per heavy atom. The quantitative estimate of drug-likeness (QED) is 0.913. The minimum absolute atomic E-state index is 0.0353. The third kappa shape index (κ3) is 3.33. The number of aromatic nitrogens is 2. The third-order valence-electron chi connectivity index (χ3n) is 3.11. The maximum Gasteiger partial charge on any atom is 0.127 e. The van der Waals surface area contributed by atoms with E-state index >= 15 is 0 Å². The SMILES string of the molecule is CCNC(Cc1ccc(Cl)cc1F)c1ccnn1C. The molecule has 102 valence electrons. The average Bonchev–Trinajstić information content (AvgIpc) is 2.78. The second-order valence-electron chi connectivity index (χ2n) is 4.43. The van der Waals surface area contributed by atoms with Gasteiger partial charge in [-0.3, -0.25) is 4.68 Å². The second-order valence-corrected chi connectivity index (χ2v) is 4.87. The van der Waals surface area contributed by atoms with Crippen molar-refractivity contribution in [2.45, 2.75) is 19.4 Å². The van der Waals surface area contributed by atoms with Crippen LogP contribution in [-0.4, -0.2) is 16.3 Å². The highest BCUT2D eigenvalue weighted by molar-refractivity contribution is 6.30. The number of nitrogens with one attached hydrogen (secondary N) is 1. The minimum atomic E-state index is -0.266. The zero-order valence-corrected chi connectivity index (χ0v) is 11.8. The Labute approximate surface area is 117 Å². The van der Waals surface area contributed by atoms with Gasteiger partial charge in [-0.1, -0.05) is 24.6 Å². The highest BCUT2D eigenvalue weighted by atomic mass is 35.5. The van der Waals surface area contributed by atoms with E-state index in [1.54, 1.807) is 23.0 Å². The van der Waals surface area contributed by atoms with Gasteiger partial charge in [-0.25, -0.2) is 4.39 Å². The van der Waals surface area contributed by atoms with Crippen LogP contribution < -0.4 is 5.32 Å². The number of halogens is 2. The lowest BCUT2D eigenvalue weighted by atomic mass is 10.0. The average molecular weight is 282 g/mol. The van der Waals surface area contributed by atoms with E-state index in [2.05, 4.69) is 10.4 Å². The van der Waals surface area contributed by atoms with E-state index in [-0.39, 0.29) is 11.9 Å². The van der Waals surface area contributed by atoms with Crippen molar-refractivity contribution >= 4 is 11.6 Å². The van der Waals surface area contributed by atoms with Crippen molar-refractivity contribution in [3.05, 3.63) is 52.6 Å². The number of rotatable bonds is 5. The van der Waals surface area contributed by atoms with Crippen molar-refractivity contribution in [3.63, 3.8) is 0 Å². The number of hydrogen-bond acceptors (Lipinski definition) is 2. The largest absolute Gasteiger partial charge is 0.309 e. The van der Waals surface area contributed by atoms with Crippen molar-refractivity contribution in [3.8, 4) is 0 Å². The van der Waals surface area contributed by atoms with Gasteiger partial charge < -0.3 is 5.32 Å². The first kappa shape index (κ1) is 14.0. The number of hydrogen-bond donors (Lipinski definition) is 1. The van der Waals surface area contributed by atoms with Crippen LogP contribution in [0.3, 0.4) is 0 Å². The molecule has 19 heavy (non-hydrogen) atoms. The van der Waals surface area contributed by atoms with Gasteiger partial charge in [-0.2, -0.15) is 5.10 Å². The Morgan fingerprint density at radius 3 is 2.79 bits per heavy atom. The molecule has 1 aromatic carbocycles. The molecule has 0 aliphatic carbocycles. The normalized spacial score (nSPS) is 12.6. The van der Waals surface area contributed by atoms with Crippen LogP contribution in [0.5, 0.6) is 0 Å². The first-order chi connectivity index (χ1) is 9.11. The standard InChI is InChI=1S/C14H17ClFN3/c1-3-17-13(14-6-7-18-19(14)2)8-10-4-5-11(15)9-12(10)16/h4-7,9,13,17H,3,8H2,1-2H3. The lowest BCUT2D eigenvalue weighted by Gasteiger charge is -2.18. The Hall–Kier alpha value is -1.39. The van der Waals surface area contributed by atoms with E-state index < -0.39 is 0 Å². The van der Waals surface area contributed by atoms with Crippen LogP contribution in [0.15, 0.2) is 30.5 Å². The van der Waals surface area contributed by atoms with E-state index in [1.165, 1.54) is 6.07 Å². The molecular weight excluding hydrogens is 265 g/mol. The van der Waals surface area contributed by atoms with E-state index in [4.69, 9.17) is 11.6 Å². The number of benzene rings is 1. The highest BCUT2D eigenvalue weighted by Crippen LogP contribution is 2.21. The molecule has 0 aliphatic rings. The van der Waals surface area contributed by atoms with Crippen molar-refractivity contribution in [2.75, 3.05) is 6.54 Å². The molecule has 3 nitrogen and oxygen atoms in total. The summed E-state index contributed by atoms with van der Waals surface area (Å²) in [6, 6.07) is 6.78. The number of likely N-dealkylation sites (N-methyl/N-ethyl adjacent to an activating group) is 1. The van der Waals surface area contributed by atoms with E-state index in [0.717, 1.165) is 12.2 Å². The van der Waals surface area contributed by atoms with Crippen LogP contribution >= 0.6 is 11.6 Å². The summed E-state index contributed by atoms with van der Waals surface area (Å²) < 4.78 is 15.7. The van der Waals surface area contributed by atoms with Gasteiger partial charge in [-0.05, 0) is 36.7 Å². The molecule has 0 amide bonds. The van der Waals surface area contributed by atoms with Gasteiger partial charge in [0.25, 0.3) is 0 Å². The molecule has 0 fully saturated rings. The van der Waals surface area contributed by atoms with Gasteiger partial charge in [0.05, 0.1) is 11.7 Å². The molecular formula is C14H17ClFN3. The second kappa shape index (κ2) is 6.17. The molecule has 0 aliphatic heterocycles. The predicted octanol–water partition coefficient (Wildman–Crippen LogP) is 3.11. The Morgan fingerprint density at radius 2 is 2.21 bits per heavy atom. The summed E-state index contributed by atoms with van der Waals surface area (Å²) in [5, 5.41) is 7.93. The van der Waals surface area contributed by atoms with Crippen molar-refractivity contribution in [2.24, 2.45) is 7.05 Å². The van der Waals surface area contributed by atoms with Crippen LogP contribution in [0.1, 0.15) is 24.2 Å². The fourth-order valence-electron chi connectivity index (χ4n) is 2.16. The monoisotopic (exact) mass is 281 g/mol. The first-order valence-electron chi connectivity index (χ1n) is 6.27. The molecule has 1 unspecified atom stereocenters. The first-order valence-corrected chi connectivity index (χ1v) is 6.64. The molecule has 0 saturated heterocycles. The molecule has 1 N–H and O–H groups in total. The molecule has 5 heteroatoms. The maximum absolute atomic E-state index is 13.9. The number of aryl methyl sites for hydroxylation is 1. The van der Waals surface area contributed by atoms with Crippen molar-refractivity contribution in [1.29, 1.82) is 0 Å². The zero-order valence-electron chi connectivity index (χ0n) is 11.0. The maximum atomic E-state index is 13.9. The molecule has 1 heterocycles. The van der Waals surface area contributed by atoms with Gasteiger partial charge in [0.1, 0.15) is 5.82 Å². The fourth-order valence-corrected chi connectivity index (χ4v) is 2.32. The molecule has 1 atom stereocenters. The Balaban J connectivity index is 2.24. The van der Waals surface area contributed by atoms with Crippen LogP contribution in [0.2, 0.25) is 5.02 Å². The lowest BCUT2D eigenvalue weighted by molar-refractivity contribution is 0.495. The van der Waals surface area contributed by atoms with Gasteiger partial charge in [0.2, 0.25) is 0 Å². The van der Waals surface area contributed by atoms with Crippen molar-refractivity contribution in [1.82, 2.24) is 15.1 Å². The van der Waals surface area contributed by atoms with E-state index in [9.17, 15) is 4.39 Å². The van der Waals surface area contributed by atoms with Gasteiger partial charge >= 0.3 is 0 Å². The smallest absolute Gasteiger partial charge is 0.127 e. The summed E-state index contributed by atoms with van der Waals surface area (Å²) in [4.78, 5) is 0. The third-order valence-corrected chi connectivity index (χ3v) is 3.34. The minimum Gasteiger partial charge on any atom is -0.309 e. The van der Waals surface area contributed by atoms with Crippen molar-refractivity contribution < 1.29 is 4.39 Å². The van der Waals surface area contributed by atoms with Gasteiger partial charge in [0, 0.05) is 18.3 Å². The van der Waals surface area contributed by atoms with Crippen LogP contribution in [-0.2, 0) is 13.5 Å². The van der Waals surface area contributed by atoms with Crippen LogP contribution in [0.4, 0.5) is 4.39 Å². The zero-order chi connectivity index (χ0) is 13.8. The van der Waals surface area contributed by atoms with E-state index in [0.29, 0.717) is 17.0 Å². The molecule has 0 saturated carbocycles. The fraction of sp³-hybridized carbons (Fsp3) is 0.357. The molecule has 1 aromatic heterocycles. The topological polar surface area (TPSA) is 29.9 Å². The van der Waals surface area contributed by atoms with Crippen LogP contribution in [0, 0.1) is 5.82 Å². The molecule has 0 radical (unpaired) electrons. The summed E-state index contributed by atoms with van der Waals surface area (Å²) in [7, 11) is 1.89. The Bertz CT molecular complexity index is 553. The van der Waals surface area contributed by atoms with E-state index in [1.807, 2.05) is 20.0 Å². The molecule has 0 spiro atoms. The van der Waals surface area contributed by atoms with Gasteiger partial charge in [0.15, 0.2) is 0 Å². The van der Waals surface area contributed by atoms with Gasteiger partial charge in [-0.15, -0.1) is 0 Å².